The third-order valence-electron chi connectivity index (χ3n) is 2.12. The molecule has 3 nitrogen and oxygen atoms in total. The van der Waals surface area contributed by atoms with E-state index >= 15 is 0 Å². The van der Waals surface area contributed by atoms with Crippen LogP contribution in [0.1, 0.15) is 11.1 Å². The summed E-state index contributed by atoms with van der Waals surface area (Å²) in [5.41, 5.74) is 2.19. The lowest BCUT2D eigenvalue weighted by molar-refractivity contribution is -0.133. The molecule has 1 aromatic rings. The second kappa shape index (κ2) is 5.70. The number of esters is 1. The standard InChI is InChI=1S/C12H13BrO3/c1-8-5-4-6-9(11(8)13)10(7-15-2)12(14)16-3/h4-7H,1-3H3. The number of halogens is 1. The van der Waals surface area contributed by atoms with Gasteiger partial charge in [0.1, 0.15) is 5.57 Å². The van der Waals surface area contributed by atoms with E-state index in [1.165, 1.54) is 20.5 Å². The van der Waals surface area contributed by atoms with E-state index in [1.807, 2.05) is 25.1 Å². The number of aryl methyl sites for hydroxylation is 1. The van der Waals surface area contributed by atoms with Crippen molar-refractivity contribution in [2.24, 2.45) is 0 Å². The lowest BCUT2D eigenvalue weighted by Crippen LogP contribution is -2.05. The van der Waals surface area contributed by atoms with Gasteiger partial charge < -0.3 is 9.47 Å². The van der Waals surface area contributed by atoms with Crippen LogP contribution >= 0.6 is 15.9 Å². The fourth-order valence-corrected chi connectivity index (χ4v) is 1.78. The van der Waals surface area contributed by atoms with Crippen LogP contribution in [0.5, 0.6) is 0 Å². The highest BCUT2D eigenvalue weighted by Crippen LogP contribution is 2.28. The summed E-state index contributed by atoms with van der Waals surface area (Å²) in [4.78, 5) is 11.6. The summed E-state index contributed by atoms with van der Waals surface area (Å²) in [5, 5.41) is 0. The Balaban J connectivity index is 3.27. The highest BCUT2D eigenvalue weighted by molar-refractivity contribution is 9.10. The van der Waals surface area contributed by atoms with E-state index in [2.05, 4.69) is 15.9 Å². The van der Waals surface area contributed by atoms with Gasteiger partial charge in [0.25, 0.3) is 0 Å². The van der Waals surface area contributed by atoms with Crippen LogP contribution in [-0.4, -0.2) is 20.2 Å². The Morgan fingerprint density at radius 2 is 2.06 bits per heavy atom. The molecule has 4 heteroatoms. The number of ether oxygens (including phenoxy) is 2. The zero-order valence-corrected chi connectivity index (χ0v) is 11.0. The number of benzene rings is 1. The van der Waals surface area contributed by atoms with Crippen LogP contribution < -0.4 is 0 Å². The SMILES string of the molecule is COC=C(C(=O)OC)c1cccc(C)c1Br. The van der Waals surface area contributed by atoms with E-state index in [0.29, 0.717) is 5.57 Å². The van der Waals surface area contributed by atoms with Gasteiger partial charge >= 0.3 is 5.97 Å². The van der Waals surface area contributed by atoms with Crippen molar-refractivity contribution in [3.63, 3.8) is 0 Å². The minimum absolute atomic E-state index is 0.389. The molecular weight excluding hydrogens is 272 g/mol. The first-order valence-corrected chi connectivity index (χ1v) is 5.48. The first kappa shape index (κ1) is 12.8. The van der Waals surface area contributed by atoms with Crippen molar-refractivity contribution >= 4 is 27.5 Å². The van der Waals surface area contributed by atoms with Crippen LogP contribution in [-0.2, 0) is 14.3 Å². The molecule has 0 bridgehead atoms. The Hall–Kier alpha value is -1.29. The number of hydrogen-bond acceptors (Lipinski definition) is 3. The van der Waals surface area contributed by atoms with Crippen molar-refractivity contribution in [2.75, 3.05) is 14.2 Å². The molecule has 0 aromatic heterocycles. The van der Waals surface area contributed by atoms with Gasteiger partial charge in [-0.15, -0.1) is 0 Å². The lowest BCUT2D eigenvalue weighted by Gasteiger charge is -2.09. The van der Waals surface area contributed by atoms with Crippen LogP contribution in [0.2, 0.25) is 0 Å². The Kier molecular flexibility index (Phi) is 4.55. The Labute approximate surface area is 103 Å². The molecule has 0 aliphatic rings. The highest BCUT2D eigenvalue weighted by atomic mass is 79.9. The summed E-state index contributed by atoms with van der Waals surface area (Å²) >= 11 is 3.44. The van der Waals surface area contributed by atoms with Crippen molar-refractivity contribution < 1.29 is 14.3 Å². The normalized spacial score (nSPS) is 11.1. The quantitative estimate of drug-likeness (QED) is 0.486. The Morgan fingerprint density at radius 3 is 2.62 bits per heavy atom. The van der Waals surface area contributed by atoms with Gasteiger partial charge in [-0.3, -0.25) is 0 Å². The summed E-state index contributed by atoms with van der Waals surface area (Å²) in [6.07, 6.45) is 1.38. The molecule has 0 unspecified atom stereocenters. The molecule has 0 saturated carbocycles. The molecule has 0 spiro atoms. The molecule has 1 rings (SSSR count). The molecule has 16 heavy (non-hydrogen) atoms. The number of methoxy groups -OCH3 is 2. The monoisotopic (exact) mass is 284 g/mol. The minimum atomic E-state index is -0.423. The molecule has 0 radical (unpaired) electrons. The third kappa shape index (κ3) is 2.64. The lowest BCUT2D eigenvalue weighted by atomic mass is 10.0. The van der Waals surface area contributed by atoms with Crippen LogP contribution in [0.3, 0.4) is 0 Å². The number of carbonyl (C=O) groups excluding carboxylic acids is 1. The van der Waals surface area contributed by atoms with Crippen LogP contribution in [0.25, 0.3) is 5.57 Å². The smallest absolute Gasteiger partial charge is 0.341 e. The van der Waals surface area contributed by atoms with Gasteiger partial charge in [-0.05, 0) is 28.4 Å². The predicted octanol–water partition coefficient (Wildman–Crippen LogP) is 2.92. The van der Waals surface area contributed by atoms with Crippen molar-refractivity contribution in [3.8, 4) is 0 Å². The molecule has 0 heterocycles. The molecule has 86 valence electrons. The summed E-state index contributed by atoms with van der Waals surface area (Å²) in [7, 11) is 2.84. The fraction of sp³-hybridized carbons (Fsp3) is 0.250. The van der Waals surface area contributed by atoms with E-state index < -0.39 is 5.97 Å². The molecule has 0 atom stereocenters. The summed E-state index contributed by atoms with van der Waals surface area (Å²) in [5.74, 6) is -0.423. The maximum absolute atomic E-state index is 11.6. The first-order valence-electron chi connectivity index (χ1n) is 4.68. The van der Waals surface area contributed by atoms with Gasteiger partial charge in [0, 0.05) is 10.0 Å². The van der Waals surface area contributed by atoms with E-state index in [1.54, 1.807) is 0 Å². The summed E-state index contributed by atoms with van der Waals surface area (Å²) in [6, 6.07) is 5.66. The van der Waals surface area contributed by atoms with E-state index in [-0.39, 0.29) is 0 Å². The van der Waals surface area contributed by atoms with Crippen LogP contribution in [0.4, 0.5) is 0 Å². The minimum Gasteiger partial charge on any atom is -0.503 e. The second-order valence-corrected chi connectivity index (χ2v) is 3.99. The first-order chi connectivity index (χ1) is 7.61. The topological polar surface area (TPSA) is 35.5 Å². The average Bonchev–Trinajstić information content (AvgIpc) is 2.29. The zero-order chi connectivity index (χ0) is 12.1. The summed E-state index contributed by atoms with van der Waals surface area (Å²) < 4.78 is 10.5. The van der Waals surface area contributed by atoms with Gasteiger partial charge in [-0.1, -0.05) is 18.2 Å². The van der Waals surface area contributed by atoms with Crippen molar-refractivity contribution in [1.29, 1.82) is 0 Å². The van der Waals surface area contributed by atoms with Crippen LogP contribution in [0.15, 0.2) is 28.9 Å². The number of hydrogen-bond donors (Lipinski definition) is 0. The van der Waals surface area contributed by atoms with Crippen molar-refractivity contribution in [1.82, 2.24) is 0 Å². The van der Waals surface area contributed by atoms with Crippen molar-refractivity contribution in [3.05, 3.63) is 40.1 Å². The zero-order valence-electron chi connectivity index (χ0n) is 9.41. The van der Waals surface area contributed by atoms with Crippen LogP contribution in [0, 0.1) is 6.92 Å². The highest BCUT2D eigenvalue weighted by Gasteiger charge is 2.16. The van der Waals surface area contributed by atoms with Gasteiger partial charge in [0.05, 0.1) is 20.5 Å². The molecule has 0 fully saturated rings. The van der Waals surface area contributed by atoms with Crippen molar-refractivity contribution in [2.45, 2.75) is 6.92 Å². The molecule has 1 aromatic carbocycles. The fourth-order valence-electron chi connectivity index (χ4n) is 1.30. The third-order valence-corrected chi connectivity index (χ3v) is 3.18. The number of rotatable bonds is 3. The average molecular weight is 285 g/mol. The molecule has 0 saturated heterocycles. The molecule has 0 aliphatic heterocycles. The predicted molar refractivity (Wildman–Crippen MR) is 65.9 cm³/mol. The second-order valence-electron chi connectivity index (χ2n) is 3.20. The molecule has 0 amide bonds. The Bertz CT molecular complexity index is 424. The molecule has 0 aliphatic carbocycles. The maximum Gasteiger partial charge on any atom is 0.341 e. The van der Waals surface area contributed by atoms with E-state index in [0.717, 1.165) is 15.6 Å². The van der Waals surface area contributed by atoms with Gasteiger partial charge in [0.15, 0.2) is 0 Å². The summed E-state index contributed by atoms with van der Waals surface area (Å²) in [6.45, 7) is 1.95. The van der Waals surface area contributed by atoms with E-state index in [4.69, 9.17) is 9.47 Å². The molecular formula is C12H13BrO3. The maximum atomic E-state index is 11.6. The van der Waals surface area contributed by atoms with Gasteiger partial charge in [-0.2, -0.15) is 0 Å². The molecule has 0 N–H and O–H groups in total. The van der Waals surface area contributed by atoms with E-state index in [9.17, 15) is 4.79 Å². The van der Waals surface area contributed by atoms with Gasteiger partial charge in [-0.25, -0.2) is 4.79 Å². The number of carbonyl (C=O) groups is 1. The van der Waals surface area contributed by atoms with Gasteiger partial charge in [0.2, 0.25) is 0 Å². The largest absolute Gasteiger partial charge is 0.503 e. The Morgan fingerprint density at radius 1 is 1.38 bits per heavy atom.